The summed E-state index contributed by atoms with van der Waals surface area (Å²) in [6, 6.07) is 17.8. The van der Waals surface area contributed by atoms with Crippen molar-refractivity contribution in [1.82, 2.24) is 0 Å². The van der Waals surface area contributed by atoms with E-state index in [1.807, 2.05) is 39.8 Å². The highest BCUT2D eigenvalue weighted by molar-refractivity contribution is 5.97. The Kier molecular flexibility index (Phi) is 8.87. The van der Waals surface area contributed by atoms with Crippen molar-refractivity contribution in [3.8, 4) is 0 Å². The van der Waals surface area contributed by atoms with Crippen molar-refractivity contribution in [3.05, 3.63) is 71.8 Å². The SMILES string of the molecule is CC(C)(CCC(C)(C)OOCC(=O)c1ccccc1)OOCC(=O)c1ccccc1. The van der Waals surface area contributed by atoms with Gasteiger partial charge in [0.15, 0.2) is 11.6 Å². The molecule has 0 bridgehead atoms. The van der Waals surface area contributed by atoms with Gasteiger partial charge in [-0.25, -0.2) is 19.6 Å². The van der Waals surface area contributed by atoms with Crippen molar-refractivity contribution in [2.75, 3.05) is 13.2 Å². The highest BCUT2D eigenvalue weighted by Crippen LogP contribution is 2.25. The van der Waals surface area contributed by atoms with E-state index < -0.39 is 11.2 Å². The first kappa shape index (κ1) is 23.9. The minimum absolute atomic E-state index is 0.147. The van der Waals surface area contributed by atoms with Crippen LogP contribution >= 0.6 is 0 Å². The number of benzene rings is 2. The molecule has 0 atom stereocenters. The van der Waals surface area contributed by atoms with Gasteiger partial charge in [0, 0.05) is 11.1 Å². The number of carbonyl (C=O) groups is 2. The maximum absolute atomic E-state index is 12.1. The van der Waals surface area contributed by atoms with Gasteiger partial charge < -0.3 is 0 Å². The fourth-order valence-corrected chi connectivity index (χ4v) is 2.59. The first-order valence-corrected chi connectivity index (χ1v) is 9.96. The van der Waals surface area contributed by atoms with Crippen LogP contribution in [0.15, 0.2) is 60.7 Å². The summed E-state index contributed by atoms with van der Waals surface area (Å²) in [4.78, 5) is 45.4. The average molecular weight is 414 g/mol. The molecule has 6 heteroatoms. The van der Waals surface area contributed by atoms with Gasteiger partial charge in [-0.2, -0.15) is 0 Å². The van der Waals surface area contributed by atoms with Crippen LogP contribution < -0.4 is 0 Å². The van der Waals surface area contributed by atoms with Gasteiger partial charge in [-0.3, -0.25) is 9.59 Å². The number of hydrogen-bond donors (Lipinski definition) is 0. The normalized spacial score (nSPS) is 12.0. The van der Waals surface area contributed by atoms with E-state index in [1.165, 1.54) is 0 Å². The molecule has 0 aliphatic heterocycles. The second-order valence-electron chi connectivity index (χ2n) is 8.29. The van der Waals surface area contributed by atoms with Crippen molar-refractivity contribution >= 4 is 11.6 Å². The third-order valence-corrected chi connectivity index (χ3v) is 4.47. The fraction of sp³-hybridized carbons (Fsp3) is 0.417. The van der Waals surface area contributed by atoms with Crippen LogP contribution in [0.5, 0.6) is 0 Å². The van der Waals surface area contributed by atoms with Crippen LogP contribution in [0.4, 0.5) is 0 Å². The summed E-state index contributed by atoms with van der Waals surface area (Å²) in [6.45, 7) is 7.17. The molecule has 0 N–H and O–H groups in total. The first-order valence-electron chi connectivity index (χ1n) is 9.96. The molecule has 0 aromatic heterocycles. The lowest BCUT2D eigenvalue weighted by atomic mass is 9.94. The standard InChI is InChI=1S/C24H30O6/c1-23(2,29-27-17-21(25)19-11-7-5-8-12-19)15-16-24(3,4)30-28-18-22(26)20-13-9-6-10-14-20/h5-14H,15-18H2,1-4H3. The van der Waals surface area contributed by atoms with E-state index in [1.54, 1.807) is 48.5 Å². The van der Waals surface area contributed by atoms with Crippen molar-refractivity contribution in [3.63, 3.8) is 0 Å². The van der Waals surface area contributed by atoms with E-state index in [4.69, 9.17) is 19.6 Å². The molecule has 0 heterocycles. The van der Waals surface area contributed by atoms with E-state index in [0.29, 0.717) is 24.0 Å². The van der Waals surface area contributed by atoms with Crippen LogP contribution in [0.1, 0.15) is 61.3 Å². The van der Waals surface area contributed by atoms with Crippen LogP contribution in [-0.4, -0.2) is 36.0 Å². The van der Waals surface area contributed by atoms with Crippen molar-refractivity contribution in [1.29, 1.82) is 0 Å². The minimum Gasteiger partial charge on any atom is -0.291 e. The molecule has 0 saturated carbocycles. The van der Waals surface area contributed by atoms with Crippen molar-refractivity contribution in [2.24, 2.45) is 0 Å². The molecule has 2 aromatic rings. The molecule has 0 aliphatic rings. The predicted octanol–water partition coefficient (Wildman–Crippen LogP) is 4.99. The largest absolute Gasteiger partial charge is 0.291 e. The minimum atomic E-state index is -0.628. The van der Waals surface area contributed by atoms with Crippen molar-refractivity contribution < 1.29 is 29.1 Å². The maximum Gasteiger partial charge on any atom is 0.191 e. The Morgan fingerprint density at radius 2 is 0.967 bits per heavy atom. The van der Waals surface area contributed by atoms with Gasteiger partial charge in [0.05, 0.1) is 11.2 Å². The summed E-state index contributed by atoms with van der Waals surface area (Å²) in [5.41, 5.74) is -0.0965. The smallest absolute Gasteiger partial charge is 0.191 e. The zero-order valence-corrected chi connectivity index (χ0v) is 18.1. The van der Waals surface area contributed by atoms with Crippen molar-refractivity contribution in [2.45, 2.75) is 51.7 Å². The average Bonchev–Trinajstić information content (AvgIpc) is 2.73. The lowest BCUT2D eigenvalue weighted by Crippen LogP contribution is -2.32. The van der Waals surface area contributed by atoms with E-state index in [9.17, 15) is 9.59 Å². The molecule has 162 valence electrons. The number of hydrogen-bond acceptors (Lipinski definition) is 6. The molecular weight excluding hydrogens is 384 g/mol. The lowest BCUT2D eigenvalue weighted by molar-refractivity contribution is -0.361. The highest BCUT2D eigenvalue weighted by atomic mass is 17.2. The Balaban J connectivity index is 1.68. The zero-order valence-electron chi connectivity index (χ0n) is 18.1. The number of ketones is 2. The maximum atomic E-state index is 12.1. The van der Waals surface area contributed by atoms with E-state index in [2.05, 4.69) is 0 Å². The number of carbonyl (C=O) groups excluding carboxylic acids is 2. The van der Waals surface area contributed by atoms with Crippen LogP contribution in [0.3, 0.4) is 0 Å². The van der Waals surface area contributed by atoms with E-state index in [-0.39, 0.29) is 24.8 Å². The second kappa shape index (κ2) is 11.1. The molecule has 30 heavy (non-hydrogen) atoms. The molecule has 0 fully saturated rings. The third-order valence-electron chi connectivity index (χ3n) is 4.47. The molecule has 6 nitrogen and oxygen atoms in total. The van der Waals surface area contributed by atoms with Gasteiger partial charge in [-0.15, -0.1) is 0 Å². The Labute approximate surface area is 178 Å². The predicted molar refractivity (Wildman–Crippen MR) is 113 cm³/mol. The molecule has 0 radical (unpaired) electrons. The summed E-state index contributed by atoms with van der Waals surface area (Å²) in [7, 11) is 0. The zero-order chi connectivity index (χ0) is 22.0. The first-order chi connectivity index (χ1) is 14.2. The summed E-state index contributed by atoms with van der Waals surface area (Å²) in [5.74, 6) is -0.293. The topological polar surface area (TPSA) is 71.1 Å². The van der Waals surface area contributed by atoms with E-state index >= 15 is 0 Å². The third kappa shape index (κ3) is 8.55. The second-order valence-corrected chi connectivity index (χ2v) is 8.29. The lowest BCUT2D eigenvalue weighted by Gasteiger charge is -2.29. The summed E-state index contributed by atoms with van der Waals surface area (Å²) in [5, 5.41) is 0. The molecule has 0 saturated heterocycles. The van der Waals surface area contributed by atoms with Gasteiger partial charge in [-0.1, -0.05) is 60.7 Å². The van der Waals surface area contributed by atoms with Crippen LogP contribution in [0.2, 0.25) is 0 Å². The molecule has 0 unspecified atom stereocenters. The summed E-state index contributed by atoms with van der Waals surface area (Å²) in [6.07, 6.45) is 1.19. The summed E-state index contributed by atoms with van der Waals surface area (Å²) < 4.78 is 0. The molecule has 2 rings (SSSR count). The Morgan fingerprint density at radius 3 is 1.30 bits per heavy atom. The quantitative estimate of drug-likeness (QED) is 0.261. The fourth-order valence-electron chi connectivity index (χ4n) is 2.59. The van der Waals surface area contributed by atoms with E-state index in [0.717, 1.165) is 0 Å². The summed E-state index contributed by atoms with van der Waals surface area (Å²) >= 11 is 0. The number of Topliss-reactive ketones (excluding diaryl/α,β-unsaturated/α-hetero) is 2. The van der Waals surface area contributed by atoms with Crippen LogP contribution in [0, 0.1) is 0 Å². The molecule has 2 aromatic carbocycles. The van der Waals surface area contributed by atoms with Gasteiger partial charge in [0.25, 0.3) is 0 Å². The monoisotopic (exact) mass is 414 g/mol. The van der Waals surface area contributed by atoms with Crippen LogP contribution in [-0.2, 0) is 19.6 Å². The molecular formula is C24H30O6. The Bertz CT molecular complexity index is 729. The number of rotatable bonds is 13. The molecule has 0 amide bonds. The van der Waals surface area contributed by atoms with Gasteiger partial charge >= 0.3 is 0 Å². The van der Waals surface area contributed by atoms with Gasteiger partial charge in [0.1, 0.15) is 13.2 Å². The highest BCUT2D eigenvalue weighted by Gasteiger charge is 2.28. The molecule has 0 spiro atoms. The van der Waals surface area contributed by atoms with Gasteiger partial charge in [0.2, 0.25) is 0 Å². The molecule has 0 aliphatic carbocycles. The van der Waals surface area contributed by atoms with Gasteiger partial charge in [-0.05, 0) is 40.5 Å². The Hall–Kier alpha value is -2.38. The van der Waals surface area contributed by atoms with Crippen LogP contribution in [0.25, 0.3) is 0 Å². The Morgan fingerprint density at radius 1 is 0.633 bits per heavy atom.